The number of benzene rings is 1. The van der Waals surface area contributed by atoms with Crippen LogP contribution in [0.5, 0.6) is 5.75 Å². The van der Waals surface area contributed by atoms with Gasteiger partial charge in [-0.3, -0.25) is 0 Å². The summed E-state index contributed by atoms with van der Waals surface area (Å²) >= 11 is 0. The molecule has 0 unspecified atom stereocenters. The predicted molar refractivity (Wildman–Crippen MR) is 88.5 cm³/mol. The third-order valence-corrected chi connectivity index (χ3v) is 3.22. The average Bonchev–Trinajstić information content (AvgIpc) is 2.36. The van der Waals surface area contributed by atoms with Crippen molar-refractivity contribution in [2.45, 2.75) is 59.9 Å². The molecular formula is C18H31NO. The van der Waals surface area contributed by atoms with Gasteiger partial charge >= 0.3 is 0 Å². The maximum atomic E-state index is 5.83. The van der Waals surface area contributed by atoms with E-state index in [1.807, 2.05) is 6.07 Å². The molecule has 20 heavy (non-hydrogen) atoms. The number of para-hydroxylation sites is 2. The Morgan fingerprint density at radius 2 is 1.60 bits per heavy atom. The molecule has 0 amide bonds. The summed E-state index contributed by atoms with van der Waals surface area (Å²) in [4.78, 5) is 0. The van der Waals surface area contributed by atoms with Crippen LogP contribution in [0.4, 0.5) is 5.69 Å². The van der Waals surface area contributed by atoms with Crippen LogP contribution in [-0.4, -0.2) is 12.6 Å². The first kappa shape index (κ1) is 16.9. The third kappa shape index (κ3) is 6.31. The Morgan fingerprint density at radius 1 is 1.00 bits per heavy atom. The van der Waals surface area contributed by atoms with Crippen molar-refractivity contribution >= 4 is 5.69 Å². The molecule has 1 aromatic carbocycles. The molecule has 0 saturated heterocycles. The zero-order valence-corrected chi connectivity index (χ0v) is 13.8. The molecule has 1 aromatic rings. The van der Waals surface area contributed by atoms with Gasteiger partial charge in [0.1, 0.15) is 5.75 Å². The van der Waals surface area contributed by atoms with Gasteiger partial charge in [-0.2, -0.15) is 0 Å². The summed E-state index contributed by atoms with van der Waals surface area (Å²) in [5.41, 5.74) is 1.13. The molecule has 0 spiro atoms. The maximum Gasteiger partial charge on any atom is 0.142 e. The van der Waals surface area contributed by atoms with Crippen molar-refractivity contribution in [2.24, 2.45) is 11.8 Å². The second kappa shape index (κ2) is 8.89. The van der Waals surface area contributed by atoms with Crippen LogP contribution in [0.15, 0.2) is 24.3 Å². The number of hydrogen-bond acceptors (Lipinski definition) is 2. The van der Waals surface area contributed by atoms with Gasteiger partial charge in [0.05, 0.1) is 12.3 Å². The predicted octanol–water partition coefficient (Wildman–Crippen LogP) is 5.35. The molecule has 1 N–H and O–H groups in total. The van der Waals surface area contributed by atoms with E-state index >= 15 is 0 Å². The Hall–Kier alpha value is -1.18. The summed E-state index contributed by atoms with van der Waals surface area (Å²) in [6, 6.07) is 8.80. The molecule has 0 atom stereocenters. The molecule has 2 nitrogen and oxygen atoms in total. The van der Waals surface area contributed by atoms with Gasteiger partial charge in [-0.05, 0) is 43.2 Å². The van der Waals surface area contributed by atoms with E-state index in [4.69, 9.17) is 4.74 Å². The van der Waals surface area contributed by atoms with Crippen molar-refractivity contribution in [3.05, 3.63) is 24.3 Å². The van der Waals surface area contributed by atoms with E-state index in [1.165, 1.54) is 12.8 Å². The number of hydrogen-bond donors (Lipinski definition) is 1. The summed E-state index contributed by atoms with van der Waals surface area (Å²) in [5.74, 6) is 2.39. The van der Waals surface area contributed by atoms with Crippen molar-refractivity contribution in [3.63, 3.8) is 0 Å². The van der Waals surface area contributed by atoms with E-state index in [9.17, 15) is 0 Å². The molecule has 0 aliphatic carbocycles. The maximum absolute atomic E-state index is 5.83. The fraction of sp³-hybridized carbons (Fsp3) is 0.667. The second-order valence-corrected chi connectivity index (χ2v) is 6.44. The average molecular weight is 277 g/mol. The van der Waals surface area contributed by atoms with Crippen molar-refractivity contribution in [1.82, 2.24) is 0 Å². The fourth-order valence-corrected chi connectivity index (χ4v) is 2.50. The van der Waals surface area contributed by atoms with E-state index in [2.05, 4.69) is 58.1 Å². The lowest BCUT2D eigenvalue weighted by Crippen LogP contribution is -2.24. The lowest BCUT2D eigenvalue weighted by molar-refractivity contribution is 0.318. The third-order valence-electron chi connectivity index (χ3n) is 3.22. The number of rotatable bonds is 9. The first-order valence-electron chi connectivity index (χ1n) is 8.01. The van der Waals surface area contributed by atoms with Crippen LogP contribution in [0.25, 0.3) is 0 Å². The highest BCUT2D eigenvalue weighted by Gasteiger charge is 2.14. The molecule has 0 aliphatic heterocycles. The Labute approximate surface area is 124 Å². The number of nitrogens with one attached hydrogen (secondary N) is 1. The Kier molecular flexibility index (Phi) is 7.50. The SMILES string of the molecule is CCCOc1ccccc1NC(CC(C)C)CC(C)C. The van der Waals surface area contributed by atoms with Gasteiger partial charge in [0.25, 0.3) is 0 Å². The van der Waals surface area contributed by atoms with Gasteiger partial charge in [-0.15, -0.1) is 0 Å². The van der Waals surface area contributed by atoms with Gasteiger partial charge in [-0.1, -0.05) is 46.8 Å². The molecule has 2 heteroatoms. The smallest absolute Gasteiger partial charge is 0.142 e. The van der Waals surface area contributed by atoms with Crippen molar-refractivity contribution in [1.29, 1.82) is 0 Å². The van der Waals surface area contributed by atoms with Crippen LogP contribution < -0.4 is 10.1 Å². The van der Waals surface area contributed by atoms with Gasteiger partial charge in [0, 0.05) is 6.04 Å². The van der Waals surface area contributed by atoms with Crippen LogP contribution in [0.2, 0.25) is 0 Å². The van der Waals surface area contributed by atoms with Gasteiger partial charge in [0.2, 0.25) is 0 Å². The lowest BCUT2D eigenvalue weighted by atomic mass is 9.95. The van der Waals surface area contributed by atoms with Crippen LogP contribution in [0, 0.1) is 11.8 Å². The fourth-order valence-electron chi connectivity index (χ4n) is 2.50. The topological polar surface area (TPSA) is 21.3 Å². The van der Waals surface area contributed by atoms with E-state index in [1.54, 1.807) is 0 Å². The van der Waals surface area contributed by atoms with Gasteiger partial charge in [-0.25, -0.2) is 0 Å². The van der Waals surface area contributed by atoms with E-state index in [0.29, 0.717) is 17.9 Å². The van der Waals surface area contributed by atoms with Crippen LogP contribution >= 0.6 is 0 Å². The summed E-state index contributed by atoms with van der Waals surface area (Å²) < 4.78 is 5.83. The highest BCUT2D eigenvalue weighted by molar-refractivity contribution is 5.56. The molecule has 0 saturated carbocycles. The monoisotopic (exact) mass is 277 g/mol. The van der Waals surface area contributed by atoms with Crippen molar-refractivity contribution < 1.29 is 4.74 Å². The summed E-state index contributed by atoms with van der Waals surface area (Å²) in [5, 5.41) is 3.69. The Bertz CT molecular complexity index is 363. The molecule has 0 aliphatic rings. The summed E-state index contributed by atoms with van der Waals surface area (Å²) in [6.07, 6.45) is 3.43. The summed E-state index contributed by atoms with van der Waals surface area (Å²) in [6.45, 7) is 12.1. The number of ether oxygens (including phenoxy) is 1. The normalized spacial score (nSPS) is 11.4. The van der Waals surface area contributed by atoms with Gasteiger partial charge < -0.3 is 10.1 Å². The van der Waals surface area contributed by atoms with Crippen LogP contribution in [0.3, 0.4) is 0 Å². The van der Waals surface area contributed by atoms with E-state index in [-0.39, 0.29) is 0 Å². The van der Waals surface area contributed by atoms with Crippen LogP contribution in [0.1, 0.15) is 53.9 Å². The van der Waals surface area contributed by atoms with E-state index in [0.717, 1.165) is 24.5 Å². The second-order valence-electron chi connectivity index (χ2n) is 6.44. The van der Waals surface area contributed by atoms with Crippen LogP contribution in [-0.2, 0) is 0 Å². The number of anilines is 1. The molecule has 1 rings (SSSR count). The minimum absolute atomic E-state index is 0.515. The standard InChI is InChI=1S/C18H31NO/c1-6-11-20-18-10-8-7-9-17(18)19-16(12-14(2)3)13-15(4)5/h7-10,14-16,19H,6,11-13H2,1-5H3. The quantitative estimate of drug-likeness (QED) is 0.657. The highest BCUT2D eigenvalue weighted by Crippen LogP contribution is 2.27. The Morgan fingerprint density at radius 3 is 2.15 bits per heavy atom. The molecule has 0 heterocycles. The zero-order valence-electron chi connectivity index (χ0n) is 13.8. The molecule has 0 fully saturated rings. The Balaban J connectivity index is 2.75. The minimum atomic E-state index is 0.515. The van der Waals surface area contributed by atoms with Crippen molar-refractivity contribution in [2.75, 3.05) is 11.9 Å². The molecule has 114 valence electrons. The van der Waals surface area contributed by atoms with Crippen molar-refractivity contribution in [3.8, 4) is 5.75 Å². The minimum Gasteiger partial charge on any atom is -0.491 e. The lowest BCUT2D eigenvalue weighted by Gasteiger charge is -2.24. The highest BCUT2D eigenvalue weighted by atomic mass is 16.5. The molecular weight excluding hydrogens is 246 g/mol. The largest absolute Gasteiger partial charge is 0.491 e. The zero-order chi connectivity index (χ0) is 15.0. The van der Waals surface area contributed by atoms with E-state index < -0.39 is 0 Å². The molecule has 0 aromatic heterocycles. The first-order valence-corrected chi connectivity index (χ1v) is 8.01. The molecule has 0 bridgehead atoms. The summed E-state index contributed by atoms with van der Waals surface area (Å²) in [7, 11) is 0. The molecule has 0 radical (unpaired) electrons. The van der Waals surface area contributed by atoms with Gasteiger partial charge in [0.15, 0.2) is 0 Å². The first-order chi connectivity index (χ1) is 9.52.